The van der Waals surface area contributed by atoms with Crippen LogP contribution in [-0.4, -0.2) is 5.16 Å². The predicted octanol–water partition coefficient (Wildman–Crippen LogP) is 8.57. The molecule has 5 rings (SSSR count). The van der Waals surface area contributed by atoms with Gasteiger partial charge in [0.2, 0.25) is 0 Å². The van der Waals surface area contributed by atoms with E-state index >= 15 is 0 Å². The molecule has 4 aromatic carbocycles. The van der Waals surface area contributed by atoms with Gasteiger partial charge in [-0.05, 0) is 86.3 Å². The Morgan fingerprint density at radius 2 is 1.07 bits per heavy atom. The van der Waals surface area contributed by atoms with Crippen LogP contribution in [0.1, 0.15) is 43.0 Å². The van der Waals surface area contributed by atoms with E-state index in [0.717, 1.165) is 0 Å². The smallest absolute Gasteiger partial charge is 0.00564 e. The van der Waals surface area contributed by atoms with Crippen molar-refractivity contribution < 1.29 is 0 Å². The van der Waals surface area contributed by atoms with Gasteiger partial charge in [0.25, 0.3) is 0 Å². The monoisotopic (exact) mass is 396 g/mol. The molecule has 1 aliphatic heterocycles. The molecule has 0 spiro atoms. The molecule has 0 amide bonds. The highest BCUT2D eigenvalue weighted by molar-refractivity contribution is 7.57. The van der Waals surface area contributed by atoms with Crippen molar-refractivity contribution in [3.05, 3.63) is 82.9 Å². The first-order valence-electron chi connectivity index (χ1n) is 10.6. The summed E-state index contributed by atoms with van der Waals surface area (Å²) in [4.78, 5) is 0. The average molecular weight is 397 g/mol. The fourth-order valence-electron chi connectivity index (χ4n) is 4.95. The first-order chi connectivity index (χ1) is 13.8. The second-order valence-corrected chi connectivity index (χ2v) is 12.6. The van der Waals surface area contributed by atoms with Crippen molar-refractivity contribution in [3.63, 3.8) is 0 Å². The highest BCUT2D eigenvalue weighted by Crippen LogP contribution is 2.60. The molecule has 1 aliphatic rings. The Bertz CT molecular complexity index is 1160. The van der Waals surface area contributed by atoms with Crippen LogP contribution >= 0.6 is 7.92 Å². The zero-order chi connectivity index (χ0) is 20.3. The molecule has 0 fully saturated rings. The first-order valence-corrected chi connectivity index (χ1v) is 12.3. The molecule has 1 heteroatoms. The number of hydrogen-bond acceptors (Lipinski definition) is 0. The van der Waals surface area contributed by atoms with Crippen molar-refractivity contribution in [1.29, 1.82) is 0 Å². The van der Waals surface area contributed by atoms with Gasteiger partial charge in [-0.2, -0.15) is 0 Å². The van der Waals surface area contributed by atoms with E-state index < -0.39 is 0 Å². The molecule has 0 atom stereocenters. The zero-order valence-corrected chi connectivity index (χ0v) is 19.0. The molecule has 29 heavy (non-hydrogen) atoms. The molecule has 0 saturated carbocycles. The molecule has 0 aromatic heterocycles. The topological polar surface area (TPSA) is 0 Å². The van der Waals surface area contributed by atoms with E-state index in [1.54, 1.807) is 11.1 Å². The second kappa shape index (κ2) is 6.68. The van der Waals surface area contributed by atoms with E-state index in [9.17, 15) is 0 Å². The number of rotatable bonds is 0. The Hall–Kier alpha value is -2.17. The number of hydrogen-bond donors (Lipinski definition) is 0. The molecular weight excluding hydrogens is 367 g/mol. The molecule has 0 bridgehead atoms. The van der Waals surface area contributed by atoms with Gasteiger partial charge < -0.3 is 0 Å². The van der Waals surface area contributed by atoms with Crippen LogP contribution in [0.25, 0.3) is 32.7 Å². The summed E-state index contributed by atoms with van der Waals surface area (Å²) in [5.74, 6) is 0. The number of benzene rings is 4. The van der Waals surface area contributed by atoms with Gasteiger partial charge >= 0.3 is 0 Å². The summed E-state index contributed by atoms with van der Waals surface area (Å²) in [6.07, 6.45) is 2.43. The third-order valence-electron chi connectivity index (χ3n) is 6.66. The maximum Gasteiger partial charge on any atom is -0.00564 e. The van der Waals surface area contributed by atoms with Crippen molar-refractivity contribution in [2.24, 2.45) is 0 Å². The van der Waals surface area contributed by atoms with Crippen molar-refractivity contribution in [3.8, 4) is 11.1 Å². The standard InChI is InChI=1S/C28H29P/c1-18-14-20-10-6-8-12-22(20)26-24(18)16-29(28(3,4)5)17-25-19(2)15-21-11-7-9-13-23(21)27(25)26/h6-15H,16-17H2,1-5H3. The molecule has 0 N–H and O–H groups in total. The van der Waals surface area contributed by atoms with Gasteiger partial charge in [0, 0.05) is 0 Å². The zero-order valence-electron chi connectivity index (χ0n) is 18.1. The van der Waals surface area contributed by atoms with Crippen LogP contribution in [0.15, 0.2) is 60.7 Å². The van der Waals surface area contributed by atoms with Crippen LogP contribution in [0.4, 0.5) is 0 Å². The Morgan fingerprint density at radius 3 is 1.48 bits per heavy atom. The fourth-order valence-corrected chi connectivity index (χ4v) is 7.59. The minimum absolute atomic E-state index is 0.156. The second-order valence-electron chi connectivity index (χ2n) is 9.56. The lowest BCUT2D eigenvalue weighted by Crippen LogP contribution is -2.14. The molecule has 0 radical (unpaired) electrons. The largest absolute Gasteiger partial charge is 0.0921 e. The van der Waals surface area contributed by atoms with Crippen molar-refractivity contribution in [1.82, 2.24) is 0 Å². The average Bonchev–Trinajstić information content (AvgIpc) is 2.87. The molecule has 146 valence electrons. The van der Waals surface area contributed by atoms with Crippen molar-refractivity contribution >= 4 is 29.5 Å². The van der Waals surface area contributed by atoms with Crippen LogP contribution in [-0.2, 0) is 12.3 Å². The van der Waals surface area contributed by atoms with Crippen LogP contribution < -0.4 is 0 Å². The molecule has 0 aliphatic carbocycles. The van der Waals surface area contributed by atoms with E-state index in [-0.39, 0.29) is 7.92 Å². The SMILES string of the molecule is Cc1cc2ccccc2c2c1CP(C(C)(C)C)Cc1c(C)cc3ccccc3c1-2. The number of aryl methyl sites for hydroxylation is 2. The van der Waals surface area contributed by atoms with Crippen LogP contribution in [0, 0.1) is 13.8 Å². The number of fused-ring (bicyclic) bond motifs is 7. The van der Waals surface area contributed by atoms with E-state index in [0.29, 0.717) is 5.16 Å². The molecule has 4 aromatic rings. The van der Waals surface area contributed by atoms with Gasteiger partial charge in [-0.15, -0.1) is 0 Å². The normalized spacial score (nSPS) is 14.7. The van der Waals surface area contributed by atoms with Crippen LogP contribution in [0.3, 0.4) is 0 Å². The van der Waals surface area contributed by atoms with Gasteiger partial charge in [0.1, 0.15) is 0 Å². The molecule has 1 heterocycles. The summed E-state index contributed by atoms with van der Waals surface area (Å²) in [5.41, 5.74) is 9.08. The van der Waals surface area contributed by atoms with Crippen molar-refractivity contribution in [2.75, 3.05) is 0 Å². The third-order valence-corrected chi connectivity index (χ3v) is 9.95. The Kier molecular flexibility index (Phi) is 4.34. The Labute approximate surface area is 175 Å². The molecular formula is C28H29P. The minimum Gasteiger partial charge on any atom is -0.0921 e. The summed E-state index contributed by atoms with van der Waals surface area (Å²) in [6, 6.07) is 22.8. The van der Waals surface area contributed by atoms with E-state index in [1.807, 2.05) is 0 Å². The highest BCUT2D eigenvalue weighted by Gasteiger charge is 2.32. The van der Waals surface area contributed by atoms with E-state index in [4.69, 9.17) is 0 Å². The third kappa shape index (κ3) is 3.01. The maximum absolute atomic E-state index is 2.44. The van der Waals surface area contributed by atoms with Crippen LogP contribution in [0.5, 0.6) is 0 Å². The Balaban J connectivity index is 2.00. The van der Waals surface area contributed by atoms with Crippen molar-refractivity contribution in [2.45, 2.75) is 52.1 Å². The quantitative estimate of drug-likeness (QED) is 0.261. The molecule has 0 unspecified atom stereocenters. The van der Waals surface area contributed by atoms with Gasteiger partial charge in [-0.3, -0.25) is 0 Å². The van der Waals surface area contributed by atoms with E-state index in [1.165, 1.54) is 56.1 Å². The summed E-state index contributed by atoms with van der Waals surface area (Å²) < 4.78 is 0. The lowest BCUT2D eigenvalue weighted by Gasteiger charge is -2.31. The first kappa shape index (κ1) is 18.8. The maximum atomic E-state index is 2.44. The fraction of sp³-hybridized carbons (Fsp3) is 0.286. The summed E-state index contributed by atoms with van der Waals surface area (Å²) in [5, 5.41) is 5.89. The lowest BCUT2D eigenvalue weighted by atomic mass is 9.85. The minimum atomic E-state index is -0.156. The summed E-state index contributed by atoms with van der Waals surface area (Å²) in [7, 11) is -0.156. The Morgan fingerprint density at radius 1 is 0.655 bits per heavy atom. The van der Waals surface area contributed by atoms with Gasteiger partial charge in [0.05, 0.1) is 0 Å². The predicted molar refractivity (Wildman–Crippen MR) is 130 cm³/mol. The molecule has 0 nitrogen and oxygen atoms in total. The molecule has 0 saturated heterocycles. The lowest BCUT2D eigenvalue weighted by molar-refractivity contribution is 0.776. The summed E-state index contributed by atoms with van der Waals surface area (Å²) >= 11 is 0. The highest BCUT2D eigenvalue weighted by atomic mass is 31.1. The van der Waals surface area contributed by atoms with Gasteiger partial charge in [-0.1, -0.05) is 89.4 Å². The van der Waals surface area contributed by atoms with Gasteiger partial charge in [0.15, 0.2) is 0 Å². The van der Waals surface area contributed by atoms with E-state index in [2.05, 4.69) is 95.3 Å². The summed E-state index contributed by atoms with van der Waals surface area (Å²) in [6.45, 7) is 12.0. The van der Waals surface area contributed by atoms with Gasteiger partial charge in [-0.25, -0.2) is 0 Å². The van der Waals surface area contributed by atoms with Crippen LogP contribution in [0.2, 0.25) is 0 Å².